The van der Waals surface area contributed by atoms with Gasteiger partial charge in [-0.15, -0.1) is 0 Å². The highest BCUT2D eigenvalue weighted by molar-refractivity contribution is 5.87. The van der Waals surface area contributed by atoms with Crippen LogP contribution in [0.3, 0.4) is 0 Å². The van der Waals surface area contributed by atoms with Gasteiger partial charge in [-0.3, -0.25) is 9.53 Å². The lowest BCUT2D eigenvalue weighted by Gasteiger charge is -2.25. The van der Waals surface area contributed by atoms with Crippen molar-refractivity contribution in [1.82, 2.24) is 0 Å². The summed E-state index contributed by atoms with van der Waals surface area (Å²) in [6.45, 7) is 5.47. The third kappa shape index (κ3) is 4.64. The van der Waals surface area contributed by atoms with Crippen LogP contribution < -0.4 is 0 Å². The Morgan fingerprint density at radius 3 is 2.61 bits per heavy atom. The highest BCUT2D eigenvalue weighted by Gasteiger charge is 2.45. The van der Waals surface area contributed by atoms with Crippen LogP contribution in [0.25, 0.3) is 0 Å². The van der Waals surface area contributed by atoms with Crippen molar-refractivity contribution in [3.05, 3.63) is 12.2 Å². The highest BCUT2D eigenvalue weighted by atomic mass is 16.9. The summed E-state index contributed by atoms with van der Waals surface area (Å²) >= 11 is 0. The second-order valence-electron chi connectivity index (χ2n) is 4.48. The number of unbranched alkanes of at least 4 members (excludes halogenated alkanes) is 1. The number of hydrogen-bond acceptors (Lipinski definition) is 6. The van der Waals surface area contributed by atoms with E-state index < -0.39 is 11.8 Å². The first-order valence-electron chi connectivity index (χ1n) is 5.90. The molecule has 0 fully saturated rings. The Kier molecular flexibility index (Phi) is 5.13. The van der Waals surface area contributed by atoms with Crippen LogP contribution in [0.5, 0.6) is 0 Å². The van der Waals surface area contributed by atoms with Crippen LogP contribution in [0.4, 0.5) is 0 Å². The Bertz CT molecular complexity index is 352. The van der Waals surface area contributed by atoms with Crippen LogP contribution in [-0.2, 0) is 19.0 Å². The molecule has 0 radical (unpaired) electrons. The van der Waals surface area contributed by atoms with Crippen molar-refractivity contribution in [2.45, 2.75) is 45.4 Å². The molecule has 6 nitrogen and oxygen atoms in total. The molecule has 0 bridgehead atoms. The molecule has 0 aromatic rings. The lowest BCUT2D eigenvalue weighted by molar-refractivity contribution is -0.376. The molecule has 0 N–H and O–H groups in total. The van der Waals surface area contributed by atoms with E-state index in [9.17, 15) is 4.79 Å². The standard InChI is InChI=1S/C12H20N2O4/c1-10(15)8-6-5-7-9-17-12(16-4)14-13-11(2,3)18-12/h6,8H,5,7,9H2,1-4H3/b8-6+/t12-/m1/s1. The molecule has 102 valence electrons. The van der Waals surface area contributed by atoms with Gasteiger partial charge < -0.3 is 9.47 Å². The number of methoxy groups -OCH3 is 1. The zero-order valence-electron chi connectivity index (χ0n) is 11.3. The molecule has 1 aliphatic heterocycles. The van der Waals surface area contributed by atoms with Gasteiger partial charge in [0.1, 0.15) is 0 Å². The fourth-order valence-electron chi connectivity index (χ4n) is 1.39. The maximum atomic E-state index is 10.7. The minimum Gasteiger partial charge on any atom is -0.310 e. The molecule has 1 rings (SSSR count). The molecule has 0 spiro atoms. The fraction of sp³-hybridized carbons (Fsp3) is 0.750. The summed E-state index contributed by atoms with van der Waals surface area (Å²) in [6, 6.07) is 0. The van der Waals surface area contributed by atoms with E-state index in [0.717, 1.165) is 12.8 Å². The van der Waals surface area contributed by atoms with Gasteiger partial charge in [0.05, 0.1) is 6.61 Å². The molecule has 0 aromatic heterocycles. The molecule has 1 atom stereocenters. The normalized spacial score (nSPS) is 26.0. The van der Waals surface area contributed by atoms with E-state index in [1.807, 2.05) is 6.08 Å². The summed E-state index contributed by atoms with van der Waals surface area (Å²) in [5, 5.41) is 7.80. The number of nitrogens with zero attached hydrogens (tertiary/aromatic N) is 2. The molecule has 0 unspecified atom stereocenters. The molecular weight excluding hydrogens is 236 g/mol. The summed E-state index contributed by atoms with van der Waals surface area (Å²) in [5.41, 5.74) is -0.732. The van der Waals surface area contributed by atoms with Crippen molar-refractivity contribution in [1.29, 1.82) is 0 Å². The lowest BCUT2D eigenvalue weighted by atomic mass is 10.3. The third-order valence-corrected chi connectivity index (χ3v) is 2.20. The number of hydrogen-bond donors (Lipinski definition) is 0. The number of allylic oxidation sites excluding steroid dienone is 2. The predicted molar refractivity (Wildman–Crippen MR) is 64.8 cm³/mol. The molecule has 0 amide bonds. The van der Waals surface area contributed by atoms with E-state index in [1.54, 1.807) is 19.9 Å². The molecule has 18 heavy (non-hydrogen) atoms. The van der Waals surface area contributed by atoms with E-state index in [4.69, 9.17) is 14.2 Å². The quantitative estimate of drug-likeness (QED) is 0.398. The van der Waals surface area contributed by atoms with Gasteiger partial charge in [-0.1, -0.05) is 11.2 Å². The Morgan fingerprint density at radius 1 is 1.39 bits per heavy atom. The van der Waals surface area contributed by atoms with Gasteiger partial charge in [-0.25, -0.2) is 0 Å². The van der Waals surface area contributed by atoms with Gasteiger partial charge in [0.25, 0.3) is 0 Å². The van der Waals surface area contributed by atoms with Gasteiger partial charge in [0.2, 0.25) is 0 Å². The van der Waals surface area contributed by atoms with Gasteiger partial charge >= 0.3 is 6.10 Å². The summed E-state index contributed by atoms with van der Waals surface area (Å²) in [5.74, 6) is 0.0407. The minimum absolute atomic E-state index is 0.0407. The molecule has 0 aliphatic carbocycles. The van der Waals surface area contributed by atoms with Crippen molar-refractivity contribution in [2.75, 3.05) is 13.7 Å². The molecule has 6 heteroatoms. The number of carbonyl (C=O) groups excluding carboxylic acids is 1. The third-order valence-electron chi connectivity index (χ3n) is 2.20. The first-order valence-corrected chi connectivity index (χ1v) is 5.90. The van der Waals surface area contributed by atoms with Crippen molar-refractivity contribution in [3.63, 3.8) is 0 Å². The van der Waals surface area contributed by atoms with Crippen LogP contribution in [0.1, 0.15) is 33.6 Å². The van der Waals surface area contributed by atoms with Crippen LogP contribution in [0.2, 0.25) is 0 Å². The van der Waals surface area contributed by atoms with Crippen molar-refractivity contribution in [3.8, 4) is 0 Å². The van der Waals surface area contributed by atoms with E-state index in [1.165, 1.54) is 14.0 Å². The molecule has 0 saturated heterocycles. The molecular formula is C12H20N2O4. The van der Waals surface area contributed by atoms with E-state index in [-0.39, 0.29) is 5.78 Å². The number of carbonyl (C=O) groups is 1. The van der Waals surface area contributed by atoms with E-state index in [2.05, 4.69) is 10.2 Å². The second-order valence-corrected chi connectivity index (χ2v) is 4.48. The second kappa shape index (κ2) is 6.17. The van der Waals surface area contributed by atoms with Gasteiger partial charge in [-0.05, 0) is 39.7 Å². The number of rotatable bonds is 7. The Labute approximate surface area is 107 Å². The summed E-state index contributed by atoms with van der Waals surface area (Å²) in [4.78, 5) is 10.7. The van der Waals surface area contributed by atoms with E-state index >= 15 is 0 Å². The first kappa shape index (κ1) is 14.9. The highest BCUT2D eigenvalue weighted by Crippen LogP contribution is 2.33. The lowest BCUT2D eigenvalue weighted by Crippen LogP contribution is -2.38. The van der Waals surface area contributed by atoms with Crippen LogP contribution in [0, 0.1) is 0 Å². The predicted octanol–water partition coefficient (Wildman–Crippen LogP) is 2.40. The average molecular weight is 256 g/mol. The number of ketones is 1. The first-order chi connectivity index (χ1) is 8.39. The van der Waals surface area contributed by atoms with Crippen LogP contribution in [-0.4, -0.2) is 31.3 Å². The SMILES string of the molecule is CO[C@@]1(OCCC/C=C/C(C)=O)N=NC(C)(C)O1. The summed E-state index contributed by atoms with van der Waals surface area (Å²) in [6.07, 6.45) is 3.43. The topological polar surface area (TPSA) is 69.5 Å². The number of ether oxygens (including phenoxy) is 3. The minimum atomic E-state index is -1.42. The van der Waals surface area contributed by atoms with Crippen molar-refractivity contribution < 1.29 is 19.0 Å². The zero-order chi connectivity index (χ0) is 13.6. The van der Waals surface area contributed by atoms with Crippen molar-refractivity contribution >= 4 is 5.78 Å². The van der Waals surface area contributed by atoms with E-state index in [0.29, 0.717) is 6.61 Å². The summed E-state index contributed by atoms with van der Waals surface area (Å²) in [7, 11) is 1.45. The van der Waals surface area contributed by atoms with Gasteiger partial charge in [0.15, 0.2) is 11.5 Å². The largest absolute Gasteiger partial charge is 0.414 e. The monoisotopic (exact) mass is 256 g/mol. The average Bonchev–Trinajstić information content (AvgIpc) is 2.60. The number of azo groups is 1. The molecule has 1 aliphatic rings. The van der Waals surface area contributed by atoms with Crippen molar-refractivity contribution in [2.24, 2.45) is 10.2 Å². The Balaban J connectivity index is 2.30. The summed E-state index contributed by atoms with van der Waals surface area (Å²) < 4.78 is 16.0. The maximum Gasteiger partial charge on any atom is 0.414 e. The van der Waals surface area contributed by atoms with Gasteiger partial charge in [-0.2, -0.15) is 5.11 Å². The molecule has 1 heterocycles. The molecule has 0 saturated carbocycles. The Morgan fingerprint density at radius 2 is 2.11 bits per heavy atom. The molecule has 0 aromatic carbocycles. The fourth-order valence-corrected chi connectivity index (χ4v) is 1.39. The maximum absolute atomic E-state index is 10.7. The van der Waals surface area contributed by atoms with Gasteiger partial charge in [0, 0.05) is 7.11 Å². The zero-order valence-corrected chi connectivity index (χ0v) is 11.3. The Hall–Kier alpha value is -1.11. The van der Waals surface area contributed by atoms with Crippen LogP contribution >= 0.6 is 0 Å². The van der Waals surface area contributed by atoms with Crippen LogP contribution in [0.15, 0.2) is 22.4 Å². The smallest absolute Gasteiger partial charge is 0.310 e.